The van der Waals surface area contributed by atoms with E-state index < -0.39 is 0 Å². The second kappa shape index (κ2) is 7.40. The predicted molar refractivity (Wildman–Crippen MR) is 80.5 cm³/mol. The number of hydrogen-bond acceptors (Lipinski definition) is 5. The van der Waals surface area contributed by atoms with Crippen molar-refractivity contribution in [2.24, 2.45) is 10.9 Å². The molecule has 0 aliphatic carbocycles. The highest BCUT2D eigenvalue weighted by Gasteiger charge is 2.29. The van der Waals surface area contributed by atoms with Gasteiger partial charge in [0.1, 0.15) is 5.84 Å². The van der Waals surface area contributed by atoms with Gasteiger partial charge in [-0.05, 0) is 12.5 Å². The first kappa shape index (κ1) is 15.8. The standard InChI is InChI=1S/C15H23N3O3/c1-11-10-21-13(9-19)7-18(11)8-14(15(16)17-20)12-5-3-2-4-6-12/h2-6,11,13-14,19-20H,7-10H2,1H3,(H2,16,17). The smallest absolute Gasteiger partial charge is 0.147 e. The topological polar surface area (TPSA) is 91.3 Å². The largest absolute Gasteiger partial charge is 0.409 e. The van der Waals surface area contributed by atoms with Gasteiger partial charge in [-0.2, -0.15) is 0 Å². The van der Waals surface area contributed by atoms with Crippen LogP contribution < -0.4 is 5.73 Å². The molecule has 2 rings (SSSR count). The fourth-order valence-electron chi connectivity index (χ4n) is 2.60. The second-order valence-electron chi connectivity index (χ2n) is 5.43. The molecule has 1 heterocycles. The zero-order valence-corrected chi connectivity index (χ0v) is 12.2. The number of aliphatic hydroxyl groups is 1. The van der Waals surface area contributed by atoms with E-state index in [9.17, 15) is 5.11 Å². The Hall–Kier alpha value is -1.63. The summed E-state index contributed by atoms with van der Waals surface area (Å²) in [6, 6.07) is 9.98. The Labute approximate surface area is 124 Å². The maximum Gasteiger partial charge on any atom is 0.147 e. The molecule has 1 aliphatic heterocycles. The van der Waals surface area contributed by atoms with Crippen molar-refractivity contribution < 1.29 is 15.1 Å². The minimum Gasteiger partial charge on any atom is -0.409 e. The zero-order valence-electron chi connectivity index (χ0n) is 12.2. The zero-order chi connectivity index (χ0) is 15.2. The number of benzene rings is 1. The third kappa shape index (κ3) is 3.93. The lowest BCUT2D eigenvalue weighted by atomic mass is 9.96. The Morgan fingerprint density at radius 2 is 2.19 bits per heavy atom. The molecule has 4 N–H and O–H groups in total. The monoisotopic (exact) mass is 293 g/mol. The molecule has 3 atom stereocenters. The molecule has 1 aromatic rings. The van der Waals surface area contributed by atoms with Crippen LogP contribution in [-0.4, -0.2) is 59.5 Å². The molecule has 1 aromatic carbocycles. The van der Waals surface area contributed by atoms with Crippen molar-refractivity contribution in [3.05, 3.63) is 35.9 Å². The van der Waals surface area contributed by atoms with Gasteiger partial charge in [0.15, 0.2) is 0 Å². The van der Waals surface area contributed by atoms with Crippen molar-refractivity contribution in [2.75, 3.05) is 26.3 Å². The van der Waals surface area contributed by atoms with E-state index in [0.29, 0.717) is 19.7 Å². The molecule has 6 heteroatoms. The van der Waals surface area contributed by atoms with Crippen molar-refractivity contribution in [3.8, 4) is 0 Å². The van der Waals surface area contributed by atoms with Crippen LogP contribution in [0.3, 0.4) is 0 Å². The van der Waals surface area contributed by atoms with Crippen LogP contribution in [0.25, 0.3) is 0 Å². The van der Waals surface area contributed by atoms with Crippen LogP contribution in [0.4, 0.5) is 0 Å². The summed E-state index contributed by atoms with van der Waals surface area (Å²) < 4.78 is 5.54. The molecular formula is C15H23N3O3. The van der Waals surface area contributed by atoms with Crippen LogP contribution in [0.1, 0.15) is 18.4 Å². The summed E-state index contributed by atoms with van der Waals surface area (Å²) >= 11 is 0. The molecule has 0 amide bonds. The molecule has 0 spiro atoms. The first-order valence-corrected chi connectivity index (χ1v) is 7.14. The molecular weight excluding hydrogens is 270 g/mol. The highest BCUT2D eigenvalue weighted by molar-refractivity contribution is 5.87. The molecule has 0 radical (unpaired) electrons. The number of amidine groups is 1. The van der Waals surface area contributed by atoms with Gasteiger partial charge in [0, 0.05) is 19.1 Å². The van der Waals surface area contributed by atoms with Gasteiger partial charge in [-0.3, -0.25) is 4.90 Å². The summed E-state index contributed by atoms with van der Waals surface area (Å²) in [6.45, 7) is 3.91. The quantitative estimate of drug-likeness (QED) is 0.320. The molecule has 0 aromatic heterocycles. The van der Waals surface area contributed by atoms with Crippen molar-refractivity contribution in [1.29, 1.82) is 0 Å². The highest BCUT2D eigenvalue weighted by atomic mass is 16.5. The van der Waals surface area contributed by atoms with Crippen molar-refractivity contribution in [2.45, 2.75) is 25.0 Å². The van der Waals surface area contributed by atoms with E-state index >= 15 is 0 Å². The number of ether oxygens (including phenoxy) is 1. The molecule has 6 nitrogen and oxygen atoms in total. The lowest BCUT2D eigenvalue weighted by Crippen LogP contribution is -2.51. The summed E-state index contributed by atoms with van der Waals surface area (Å²) in [5.41, 5.74) is 6.88. The lowest BCUT2D eigenvalue weighted by Gasteiger charge is -2.39. The van der Waals surface area contributed by atoms with Gasteiger partial charge in [0.25, 0.3) is 0 Å². The van der Waals surface area contributed by atoms with Gasteiger partial charge in [-0.1, -0.05) is 35.5 Å². The minimum atomic E-state index is -0.184. The van der Waals surface area contributed by atoms with Gasteiger partial charge in [0.2, 0.25) is 0 Å². The van der Waals surface area contributed by atoms with E-state index in [1.54, 1.807) is 0 Å². The van der Waals surface area contributed by atoms with Crippen molar-refractivity contribution >= 4 is 5.84 Å². The highest BCUT2D eigenvalue weighted by Crippen LogP contribution is 2.21. The van der Waals surface area contributed by atoms with Crippen LogP contribution in [0, 0.1) is 0 Å². The summed E-state index contributed by atoms with van der Waals surface area (Å²) in [4.78, 5) is 2.21. The Balaban J connectivity index is 2.15. The molecule has 1 aliphatic rings. The van der Waals surface area contributed by atoms with Gasteiger partial charge < -0.3 is 20.8 Å². The second-order valence-corrected chi connectivity index (χ2v) is 5.43. The van der Waals surface area contributed by atoms with Crippen LogP contribution in [0.5, 0.6) is 0 Å². The number of rotatable bonds is 5. The number of hydrogen-bond donors (Lipinski definition) is 3. The fraction of sp³-hybridized carbons (Fsp3) is 0.533. The van der Waals surface area contributed by atoms with Gasteiger partial charge in [-0.25, -0.2) is 0 Å². The third-order valence-electron chi connectivity index (χ3n) is 3.93. The van der Waals surface area contributed by atoms with Crippen molar-refractivity contribution in [3.63, 3.8) is 0 Å². The predicted octanol–water partition coefficient (Wildman–Crippen LogP) is 0.598. The Kier molecular flexibility index (Phi) is 5.55. The maximum atomic E-state index is 9.26. The summed E-state index contributed by atoms with van der Waals surface area (Å²) in [5, 5.41) is 21.5. The average Bonchev–Trinajstić information content (AvgIpc) is 2.54. The van der Waals surface area contributed by atoms with E-state index in [0.717, 1.165) is 5.56 Å². The lowest BCUT2D eigenvalue weighted by molar-refractivity contribution is -0.0779. The van der Waals surface area contributed by atoms with Gasteiger partial charge in [0.05, 0.1) is 25.2 Å². The number of aliphatic hydroxyl groups excluding tert-OH is 1. The Bertz CT molecular complexity index is 466. The minimum absolute atomic E-state index is 0.00277. The molecule has 1 fully saturated rings. The van der Waals surface area contributed by atoms with Crippen LogP contribution >= 0.6 is 0 Å². The molecule has 21 heavy (non-hydrogen) atoms. The van der Waals surface area contributed by atoms with E-state index in [2.05, 4.69) is 17.0 Å². The van der Waals surface area contributed by atoms with Gasteiger partial charge in [-0.15, -0.1) is 0 Å². The van der Waals surface area contributed by atoms with Crippen LogP contribution in [-0.2, 0) is 4.74 Å². The first-order chi connectivity index (χ1) is 10.2. The summed E-state index contributed by atoms with van der Waals surface area (Å²) in [7, 11) is 0. The fourth-order valence-corrected chi connectivity index (χ4v) is 2.60. The van der Waals surface area contributed by atoms with Crippen LogP contribution in [0.2, 0.25) is 0 Å². The number of morpholine rings is 1. The van der Waals surface area contributed by atoms with E-state index in [4.69, 9.17) is 15.7 Å². The van der Waals surface area contributed by atoms with Crippen LogP contribution in [0.15, 0.2) is 35.5 Å². The number of nitrogens with zero attached hydrogens (tertiary/aromatic N) is 2. The molecule has 0 bridgehead atoms. The summed E-state index contributed by atoms with van der Waals surface area (Å²) in [6.07, 6.45) is -0.176. The maximum absolute atomic E-state index is 9.26. The van der Waals surface area contributed by atoms with E-state index in [1.807, 2.05) is 30.3 Å². The SMILES string of the molecule is CC1COC(CO)CN1CC(/C(N)=N/O)c1ccccc1. The van der Waals surface area contributed by atoms with E-state index in [-0.39, 0.29) is 30.5 Å². The molecule has 3 unspecified atom stereocenters. The molecule has 116 valence electrons. The number of nitrogens with two attached hydrogens (primary N) is 1. The van der Waals surface area contributed by atoms with Gasteiger partial charge >= 0.3 is 0 Å². The first-order valence-electron chi connectivity index (χ1n) is 7.14. The van der Waals surface area contributed by atoms with E-state index in [1.165, 1.54) is 0 Å². The average molecular weight is 293 g/mol. The van der Waals surface area contributed by atoms with Crippen molar-refractivity contribution in [1.82, 2.24) is 4.90 Å². The Morgan fingerprint density at radius 1 is 1.48 bits per heavy atom. The Morgan fingerprint density at radius 3 is 2.81 bits per heavy atom. The third-order valence-corrected chi connectivity index (χ3v) is 3.93. The molecule has 0 saturated carbocycles. The molecule has 1 saturated heterocycles. The number of oxime groups is 1. The normalized spacial score (nSPS) is 25.7. The summed E-state index contributed by atoms with van der Waals surface area (Å²) in [5.74, 6) is 0.0107.